The molecular weight excluding hydrogens is 416 g/mol. The first-order valence-corrected chi connectivity index (χ1v) is 11.6. The molecule has 1 aromatic heterocycles. The van der Waals surface area contributed by atoms with Gasteiger partial charge in [0.05, 0.1) is 0 Å². The number of nitrogens with one attached hydrogen (secondary N) is 1. The lowest BCUT2D eigenvalue weighted by atomic mass is 10.2. The van der Waals surface area contributed by atoms with Crippen LogP contribution in [0, 0.1) is 0 Å². The molecule has 0 spiro atoms. The number of carbonyl (C=O) groups excluding carboxylic acids is 2. The van der Waals surface area contributed by atoms with Crippen molar-refractivity contribution in [2.45, 2.75) is 29.9 Å². The molecule has 0 saturated carbocycles. The molecule has 1 aliphatic heterocycles. The number of carbonyl (C=O) groups is 2. The van der Waals surface area contributed by atoms with Crippen LogP contribution in [0.3, 0.4) is 0 Å². The van der Waals surface area contributed by atoms with E-state index >= 15 is 0 Å². The van der Waals surface area contributed by atoms with E-state index < -0.39 is 22.6 Å². The predicted molar refractivity (Wildman–Crippen MR) is 109 cm³/mol. The highest BCUT2D eigenvalue weighted by Gasteiger charge is 2.21. The summed E-state index contributed by atoms with van der Waals surface area (Å²) in [5, 5.41) is 11.6. The van der Waals surface area contributed by atoms with Crippen LogP contribution in [0.25, 0.3) is 0 Å². The van der Waals surface area contributed by atoms with Gasteiger partial charge in [-0.05, 0) is 42.5 Å². The number of rotatable bonds is 6. The molecule has 3 rings (SSSR count). The van der Waals surface area contributed by atoms with Crippen molar-refractivity contribution in [2.24, 2.45) is 0 Å². The number of anilines is 1. The third kappa shape index (κ3) is 5.48. The van der Waals surface area contributed by atoms with Gasteiger partial charge in [0.2, 0.25) is 0 Å². The molecule has 8 nitrogen and oxygen atoms in total. The fourth-order valence-corrected chi connectivity index (χ4v) is 5.04. The highest BCUT2D eigenvalue weighted by atomic mass is 32.2. The van der Waals surface area contributed by atoms with Gasteiger partial charge in [0.15, 0.2) is 6.61 Å². The Hall–Kier alpha value is -2.59. The molecule has 1 saturated heterocycles. The van der Waals surface area contributed by atoms with Gasteiger partial charge in [0.1, 0.15) is 15.5 Å². The molecule has 29 heavy (non-hydrogen) atoms. The number of esters is 1. The van der Waals surface area contributed by atoms with E-state index in [4.69, 9.17) is 4.74 Å². The smallest absolute Gasteiger partial charge is 0.342 e. The van der Waals surface area contributed by atoms with E-state index in [1.807, 2.05) is 0 Å². The number of phenolic OH excluding ortho intramolecular Hbond substituents is 1. The van der Waals surface area contributed by atoms with Crippen molar-refractivity contribution in [3.63, 3.8) is 0 Å². The standard InChI is InChI=1S/C19H22N2O6S2/c22-16-8-7-14(20-29(25,26)18-6-5-11-28-18)12-15(16)19(24)27-13-17(23)21-9-3-1-2-4-10-21/h5-8,11-12,20,22H,1-4,9-10,13H2. The highest BCUT2D eigenvalue weighted by Crippen LogP contribution is 2.25. The van der Waals surface area contributed by atoms with Crippen molar-refractivity contribution in [1.82, 2.24) is 4.90 Å². The first kappa shape index (κ1) is 21.1. The molecule has 0 bridgehead atoms. The summed E-state index contributed by atoms with van der Waals surface area (Å²) < 4.78 is 32.2. The SMILES string of the molecule is O=C(OCC(=O)N1CCCCCC1)c1cc(NS(=O)(=O)c2cccs2)ccc1O. The number of sulfonamides is 1. The molecule has 0 unspecified atom stereocenters. The first-order valence-electron chi connectivity index (χ1n) is 9.21. The number of likely N-dealkylation sites (tertiary alicyclic amines) is 1. The molecule has 1 amide bonds. The zero-order valence-electron chi connectivity index (χ0n) is 15.7. The van der Waals surface area contributed by atoms with E-state index in [9.17, 15) is 23.1 Å². The average molecular weight is 439 g/mol. The Morgan fingerprint density at radius 2 is 1.86 bits per heavy atom. The molecule has 0 atom stereocenters. The quantitative estimate of drug-likeness (QED) is 0.530. The first-order chi connectivity index (χ1) is 13.9. The summed E-state index contributed by atoms with van der Waals surface area (Å²) in [6.45, 7) is 0.854. The minimum Gasteiger partial charge on any atom is -0.507 e. The van der Waals surface area contributed by atoms with Crippen molar-refractivity contribution < 1.29 is 27.9 Å². The molecule has 2 heterocycles. The van der Waals surface area contributed by atoms with E-state index in [1.54, 1.807) is 16.3 Å². The molecule has 1 fully saturated rings. The van der Waals surface area contributed by atoms with Gasteiger partial charge in [-0.1, -0.05) is 18.9 Å². The minimum absolute atomic E-state index is 0.0991. The Morgan fingerprint density at radius 1 is 1.14 bits per heavy atom. The van der Waals surface area contributed by atoms with E-state index in [0.29, 0.717) is 13.1 Å². The van der Waals surface area contributed by atoms with Crippen molar-refractivity contribution in [3.05, 3.63) is 41.3 Å². The van der Waals surface area contributed by atoms with Crippen LogP contribution < -0.4 is 4.72 Å². The third-order valence-corrected chi connectivity index (χ3v) is 7.29. The maximum Gasteiger partial charge on any atom is 0.342 e. The van der Waals surface area contributed by atoms with Crippen LogP contribution in [-0.2, 0) is 19.6 Å². The maximum absolute atomic E-state index is 12.3. The lowest BCUT2D eigenvalue weighted by Crippen LogP contribution is -2.35. The van der Waals surface area contributed by atoms with Crippen LogP contribution >= 0.6 is 11.3 Å². The predicted octanol–water partition coefficient (Wildman–Crippen LogP) is 2.81. The van der Waals surface area contributed by atoms with Crippen molar-refractivity contribution in [2.75, 3.05) is 24.4 Å². The van der Waals surface area contributed by atoms with Gasteiger partial charge in [0, 0.05) is 18.8 Å². The van der Waals surface area contributed by atoms with Crippen LogP contribution in [0.15, 0.2) is 39.9 Å². The summed E-state index contributed by atoms with van der Waals surface area (Å²) in [6.07, 6.45) is 4.00. The van der Waals surface area contributed by atoms with E-state index in [0.717, 1.165) is 37.0 Å². The number of hydrogen-bond acceptors (Lipinski definition) is 7. The fourth-order valence-electron chi connectivity index (χ4n) is 3.00. The second-order valence-electron chi connectivity index (χ2n) is 6.64. The number of amides is 1. The summed E-state index contributed by atoms with van der Waals surface area (Å²) in [5.74, 6) is -1.55. The molecule has 156 valence electrons. The van der Waals surface area contributed by atoms with Gasteiger partial charge >= 0.3 is 5.97 Å². The number of hydrogen-bond donors (Lipinski definition) is 2. The van der Waals surface area contributed by atoms with Crippen LogP contribution in [0.1, 0.15) is 36.0 Å². The second-order valence-corrected chi connectivity index (χ2v) is 9.50. The van der Waals surface area contributed by atoms with Gasteiger partial charge < -0.3 is 14.7 Å². The molecule has 0 radical (unpaired) electrons. The summed E-state index contributed by atoms with van der Waals surface area (Å²) in [4.78, 5) is 26.3. The van der Waals surface area contributed by atoms with E-state index in [1.165, 1.54) is 24.3 Å². The monoisotopic (exact) mass is 438 g/mol. The highest BCUT2D eigenvalue weighted by molar-refractivity contribution is 7.94. The zero-order chi connectivity index (χ0) is 20.9. The normalized spacial score (nSPS) is 14.8. The van der Waals surface area contributed by atoms with Crippen molar-refractivity contribution in [1.29, 1.82) is 0 Å². The Morgan fingerprint density at radius 3 is 2.52 bits per heavy atom. The van der Waals surface area contributed by atoms with Gasteiger partial charge in [-0.3, -0.25) is 9.52 Å². The average Bonchev–Trinajstić information content (AvgIpc) is 3.11. The van der Waals surface area contributed by atoms with Crippen LogP contribution in [-0.4, -0.2) is 50.0 Å². The largest absolute Gasteiger partial charge is 0.507 e. The number of nitrogens with zero attached hydrogens (tertiary/aromatic N) is 1. The fraction of sp³-hybridized carbons (Fsp3) is 0.368. The van der Waals surface area contributed by atoms with Gasteiger partial charge in [-0.25, -0.2) is 13.2 Å². The zero-order valence-corrected chi connectivity index (χ0v) is 17.3. The van der Waals surface area contributed by atoms with E-state index in [2.05, 4.69) is 4.72 Å². The molecule has 1 aliphatic rings. The summed E-state index contributed by atoms with van der Waals surface area (Å²) in [6, 6.07) is 6.77. The van der Waals surface area contributed by atoms with Crippen molar-refractivity contribution >= 4 is 38.9 Å². The number of benzene rings is 1. The lowest BCUT2D eigenvalue weighted by Gasteiger charge is -2.20. The molecule has 2 N–H and O–H groups in total. The summed E-state index contributed by atoms with van der Waals surface area (Å²) >= 11 is 1.06. The number of ether oxygens (including phenoxy) is 1. The Balaban J connectivity index is 1.66. The minimum atomic E-state index is -3.80. The summed E-state index contributed by atoms with van der Waals surface area (Å²) in [5.41, 5.74) is -0.123. The topological polar surface area (TPSA) is 113 Å². The number of thiophene rings is 1. The maximum atomic E-state index is 12.3. The molecule has 0 aliphatic carbocycles. The molecule has 2 aromatic rings. The van der Waals surface area contributed by atoms with Crippen LogP contribution in [0.2, 0.25) is 0 Å². The van der Waals surface area contributed by atoms with E-state index in [-0.39, 0.29) is 27.1 Å². The van der Waals surface area contributed by atoms with Crippen LogP contribution in [0.5, 0.6) is 5.75 Å². The molecule has 10 heteroatoms. The van der Waals surface area contributed by atoms with Crippen LogP contribution in [0.4, 0.5) is 5.69 Å². The third-order valence-electron chi connectivity index (χ3n) is 4.51. The van der Waals surface area contributed by atoms with Gasteiger partial charge in [-0.15, -0.1) is 11.3 Å². The van der Waals surface area contributed by atoms with Gasteiger partial charge in [0.25, 0.3) is 15.9 Å². The molecular formula is C19H22N2O6S2. The Labute approximate surface area is 173 Å². The summed E-state index contributed by atoms with van der Waals surface area (Å²) in [7, 11) is -3.80. The Bertz CT molecular complexity index is 965. The Kier molecular flexibility index (Phi) is 6.75. The molecule has 1 aromatic carbocycles. The van der Waals surface area contributed by atoms with Gasteiger partial charge in [-0.2, -0.15) is 0 Å². The second kappa shape index (κ2) is 9.27. The lowest BCUT2D eigenvalue weighted by molar-refractivity contribution is -0.134. The van der Waals surface area contributed by atoms with Crippen molar-refractivity contribution in [3.8, 4) is 5.75 Å². The number of phenols is 1. The number of aromatic hydroxyl groups is 1.